The first kappa shape index (κ1) is 22.3. The van der Waals surface area contributed by atoms with E-state index in [1.165, 1.54) is 42.1 Å². The molecule has 0 radical (unpaired) electrons. The van der Waals surface area contributed by atoms with Gasteiger partial charge in [-0.2, -0.15) is 0 Å². The van der Waals surface area contributed by atoms with Crippen molar-refractivity contribution in [3.8, 4) is 0 Å². The molecule has 0 N–H and O–H groups in total. The van der Waals surface area contributed by atoms with Crippen molar-refractivity contribution in [3.63, 3.8) is 0 Å². The summed E-state index contributed by atoms with van der Waals surface area (Å²) in [6.45, 7) is 3.58. The van der Waals surface area contributed by atoms with E-state index in [0.29, 0.717) is 0 Å². The van der Waals surface area contributed by atoms with E-state index in [2.05, 4.69) is 0 Å². The van der Waals surface area contributed by atoms with Gasteiger partial charge in [0, 0.05) is 42.1 Å². The molecule has 1 aliphatic rings. The smallest absolute Gasteiger partial charge is 0.303 e. The predicted octanol–water partition coefficient (Wildman–Crippen LogP) is -0.186. The van der Waals surface area contributed by atoms with E-state index in [9.17, 15) is 14.4 Å². The van der Waals surface area contributed by atoms with Gasteiger partial charge >= 0.3 is 17.9 Å². The zero-order chi connectivity index (χ0) is 19.9. The van der Waals surface area contributed by atoms with Crippen LogP contribution in [0.25, 0.3) is 0 Å². The summed E-state index contributed by atoms with van der Waals surface area (Å²) in [7, 11) is 4.14. The molecular weight excluding hydrogens is 352 g/mol. The Morgan fingerprint density at radius 3 is 1.85 bits per heavy atom. The van der Waals surface area contributed by atoms with Crippen LogP contribution < -0.4 is 0 Å². The summed E-state index contributed by atoms with van der Waals surface area (Å²) >= 11 is 0. The second-order valence-electron chi connectivity index (χ2n) is 5.63. The van der Waals surface area contributed by atoms with Gasteiger partial charge in [0.1, 0.15) is 24.9 Å². The zero-order valence-corrected chi connectivity index (χ0v) is 15.8. The molecule has 0 amide bonds. The van der Waals surface area contributed by atoms with Crippen molar-refractivity contribution in [2.24, 2.45) is 0 Å². The van der Waals surface area contributed by atoms with Gasteiger partial charge in [0.15, 0.2) is 18.5 Å². The Kier molecular flexibility index (Phi) is 8.93. The van der Waals surface area contributed by atoms with Crippen LogP contribution in [0.2, 0.25) is 0 Å². The topological polar surface area (TPSA) is 116 Å². The molecule has 1 aliphatic heterocycles. The average molecular weight is 378 g/mol. The molecule has 1 rings (SSSR count). The van der Waals surface area contributed by atoms with Crippen LogP contribution in [0, 0.1) is 0 Å². The molecule has 0 unspecified atom stereocenters. The van der Waals surface area contributed by atoms with Gasteiger partial charge in [-0.05, 0) is 0 Å². The summed E-state index contributed by atoms with van der Waals surface area (Å²) in [5.74, 6) is -1.69. The maximum Gasteiger partial charge on any atom is 0.303 e. The van der Waals surface area contributed by atoms with Gasteiger partial charge < -0.3 is 33.2 Å². The first-order chi connectivity index (χ1) is 12.2. The van der Waals surface area contributed by atoms with E-state index < -0.39 is 54.7 Å². The lowest BCUT2D eigenvalue weighted by Crippen LogP contribution is -2.64. The highest BCUT2D eigenvalue weighted by atomic mass is 16.7. The van der Waals surface area contributed by atoms with Crippen LogP contribution in [0.15, 0.2) is 0 Å². The molecule has 0 aromatic heterocycles. The van der Waals surface area contributed by atoms with Gasteiger partial charge in [-0.15, -0.1) is 0 Å². The fourth-order valence-electron chi connectivity index (χ4n) is 2.73. The summed E-state index contributed by atoms with van der Waals surface area (Å²) in [5.41, 5.74) is 0. The maximum absolute atomic E-state index is 11.6. The number of rotatable bonds is 8. The van der Waals surface area contributed by atoms with E-state index in [4.69, 9.17) is 33.2 Å². The van der Waals surface area contributed by atoms with E-state index in [0.717, 1.165) is 0 Å². The second-order valence-corrected chi connectivity index (χ2v) is 5.63. The maximum atomic E-state index is 11.6. The summed E-state index contributed by atoms with van der Waals surface area (Å²) in [5, 5.41) is 0. The van der Waals surface area contributed by atoms with Gasteiger partial charge in [0.25, 0.3) is 0 Å². The quantitative estimate of drug-likeness (QED) is 0.416. The third-order valence-electron chi connectivity index (χ3n) is 3.76. The minimum Gasteiger partial charge on any atom is -0.463 e. The SMILES string of the molecule is CO[C@@H]1O[C@H]([C@@H](COC(C)=O)OC)[C@@H](OC)[C@H](OC(C)=O)[C@H]1OC(C)=O. The van der Waals surface area contributed by atoms with E-state index >= 15 is 0 Å². The van der Waals surface area contributed by atoms with Crippen LogP contribution in [0.5, 0.6) is 0 Å². The molecular formula is C16H26O10. The van der Waals surface area contributed by atoms with E-state index in [1.807, 2.05) is 0 Å². The Morgan fingerprint density at radius 1 is 0.846 bits per heavy atom. The van der Waals surface area contributed by atoms with Crippen molar-refractivity contribution in [2.75, 3.05) is 27.9 Å². The molecule has 0 saturated carbocycles. The molecule has 0 aromatic carbocycles. The number of hydrogen-bond donors (Lipinski definition) is 0. The van der Waals surface area contributed by atoms with Crippen molar-refractivity contribution < 1.29 is 47.5 Å². The fourth-order valence-corrected chi connectivity index (χ4v) is 2.73. The molecule has 0 aromatic rings. The number of methoxy groups -OCH3 is 3. The average Bonchev–Trinajstić information content (AvgIpc) is 2.56. The molecule has 1 saturated heterocycles. The van der Waals surface area contributed by atoms with Crippen LogP contribution in [0.3, 0.4) is 0 Å². The molecule has 1 heterocycles. The second kappa shape index (κ2) is 10.4. The molecule has 150 valence electrons. The first-order valence-electron chi connectivity index (χ1n) is 7.96. The van der Waals surface area contributed by atoms with Crippen molar-refractivity contribution in [1.29, 1.82) is 0 Å². The third kappa shape index (κ3) is 5.90. The number of hydrogen-bond acceptors (Lipinski definition) is 10. The van der Waals surface area contributed by atoms with E-state index in [-0.39, 0.29) is 6.61 Å². The summed E-state index contributed by atoms with van der Waals surface area (Å²) < 4.78 is 37.4. The highest BCUT2D eigenvalue weighted by molar-refractivity contribution is 5.67. The van der Waals surface area contributed by atoms with Crippen LogP contribution >= 0.6 is 0 Å². The number of carbonyl (C=O) groups is 3. The minimum atomic E-state index is -1.05. The molecule has 10 nitrogen and oxygen atoms in total. The van der Waals surface area contributed by atoms with Gasteiger partial charge in [0.05, 0.1) is 0 Å². The molecule has 1 fully saturated rings. The van der Waals surface area contributed by atoms with Crippen LogP contribution in [-0.4, -0.2) is 82.7 Å². The van der Waals surface area contributed by atoms with E-state index in [1.54, 1.807) is 0 Å². The minimum absolute atomic E-state index is 0.113. The van der Waals surface area contributed by atoms with Crippen LogP contribution in [0.4, 0.5) is 0 Å². The van der Waals surface area contributed by atoms with Gasteiger partial charge in [-0.25, -0.2) is 0 Å². The highest BCUT2D eigenvalue weighted by Gasteiger charge is 2.53. The van der Waals surface area contributed by atoms with Crippen molar-refractivity contribution >= 4 is 17.9 Å². The molecule has 26 heavy (non-hydrogen) atoms. The monoisotopic (exact) mass is 378 g/mol. The highest BCUT2D eigenvalue weighted by Crippen LogP contribution is 2.31. The molecule has 0 bridgehead atoms. The third-order valence-corrected chi connectivity index (χ3v) is 3.76. The fraction of sp³-hybridized carbons (Fsp3) is 0.812. The van der Waals surface area contributed by atoms with Crippen LogP contribution in [0.1, 0.15) is 20.8 Å². The molecule has 0 aliphatic carbocycles. The Hall–Kier alpha value is -1.75. The molecule has 10 heteroatoms. The Labute approximate surface area is 151 Å². The first-order valence-corrected chi connectivity index (χ1v) is 7.96. The molecule has 6 atom stereocenters. The summed E-state index contributed by atoms with van der Waals surface area (Å²) in [6.07, 6.45) is -5.54. The Balaban J connectivity index is 3.16. The van der Waals surface area contributed by atoms with Crippen LogP contribution in [-0.2, 0) is 47.5 Å². The van der Waals surface area contributed by atoms with Crippen molar-refractivity contribution in [3.05, 3.63) is 0 Å². The largest absolute Gasteiger partial charge is 0.463 e. The summed E-state index contributed by atoms with van der Waals surface area (Å²) in [6, 6.07) is 0. The van der Waals surface area contributed by atoms with Gasteiger partial charge in [0.2, 0.25) is 0 Å². The zero-order valence-electron chi connectivity index (χ0n) is 15.8. The van der Waals surface area contributed by atoms with Crippen molar-refractivity contribution in [1.82, 2.24) is 0 Å². The number of esters is 3. The van der Waals surface area contributed by atoms with Crippen molar-refractivity contribution in [2.45, 2.75) is 57.6 Å². The number of carbonyl (C=O) groups excluding carboxylic acids is 3. The van der Waals surface area contributed by atoms with Gasteiger partial charge in [-0.3, -0.25) is 14.4 Å². The molecule has 0 spiro atoms. The lowest BCUT2D eigenvalue weighted by molar-refractivity contribution is -0.314. The lowest BCUT2D eigenvalue weighted by atomic mass is 9.94. The normalized spacial score (nSPS) is 29.5. The predicted molar refractivity (Wildman–Crippen MR) is 85.0 cm³/mol. The van der Waals surface area contributed by atoms with Gasteiger partial charge in [-0.1, -0.05) is 0 Å². The lowest BCUT2D eigenvalue weighted by Gasteiger charge is -2.45. The Bertz CT molecular complexity index is 493. The Morgan fingerprint density at radius 2 is 1.42 bits per heavy atom. The summed E-state index contributed by atoms with van der Waals surface area (Å²) in [4.78, 5) is 34.1. The standard InChI is InChI=1S/C16H26O10/c1-8(17)23-7-11(20-4)12-13(21-5)14(24-9(2)18)15(25-10(3)19)16(22-6)26-12/h11-16H,7H2,1-6H3/t11-,12-,13-,14+,15-,16-/m1/s1. The number of ether oxygens (including phenoxy) is 7.